The van der Waals surface area contributed by atoms with Crippen LogP contribution in [0.25, 0.3) is 0 Å². The Balaban J connectivity index is 1.94. The standard InChI is InChI=1S/C12H23N3O/c1-2-13-11-7-6-10-15(12(11)16)14-8-4-3-5-9-14/h11,13H,2-10H2,1H3. The van der Waals surface area contributed by atoms with Crippen molar-refractivity contribution in [2.24, 2.45) is 0 Å². The predicted octanol–water partition coefficient (Wildman–Crippen LogP) is 0.988. The number of likely N-dealkylation sites (N-methyl/N-ethyl adjacent to an activating group) is 1. The second kappa shape index (κ2) is 5.64. The first-order chi connectivity index (χ1) is 7.83. The highest BCUT2D eigenvalue weighted by atomic mass is 16.2. The Labute approximate surface area is 97.9 Å². The van der Waals surface area contributed by atoms with Crippen molar-refractivity contribution in [3.8, 4) is 0 Å². The molecule has 0 bridgehead atoms. The van der Waals surface area contributed by atoms with Crippen LogP contribution in [0.2, 0.25) is 0 Å². The highest BCUT2D eigenvalue weighted by Crippen LogP contribution is 2.18. The van der Waals surface area contributed by atoms with Crippen LogP contribution in [-0.2, 0) is 4.79 Å². The molecule has 0 aromatic rings. The molecule has 1 N–H and O–H groups in total. The van der Waals surface area contributed by atoms with Crippen LogP contribution in [-0.4, -0.2) is 48.1 Å². The third-order valence-electron chi connectivity index (χ3n) is 3.54. The van der Waals surface area contributed by atoms with Gasteiger partial charge in [0.25, 0.3) is 5.91 Å². The van der Waals surface area contributed by atoms with Gasteiger partial charge in [0.2, 0.25) is 0 Å². The van der Waals surface area contributed by atoms with Crippen molar-refractivity contribution >= 4 is 5.91 Å². The van der Waals surface area contributed by atoms with Gasteiger partial charge in [0.15, 0.2) is 0 Å². The molecule has 1 unspecified atom stereocenters. The summed E-state index contributed by atoms with van der Waals surface area (Å²) < 4.78 is 0. The number of nitrogens with zero attached hydrogens (tertiary/aromatic N) is 2. The number of hydrogen-bond acceptors (Lipinski definition) is 3. The fraction of sp³-hybridized carbons (Fsp3) is 0.917. The average molecular weight is 225 g/mol. The van der Waals surface area contributed by atoms with Crippen LogP contribution in [0, 0.1) is 0 Å². The molecular formula is C12H23N3O. The van der Waals surface area contributed by atoms with Crippen LogP contribution in [0.5, 0.6) is 0 Å². The monoisotopic (exact) mass is 225 g/mol. The molecule has 16 heavy (non-hydrogen) atoms. The van der Waals surface area contributed by atoms with Crippen molar-refractivity contribution in [3.05, 3.63) is 0 Å². The lowest BCUT2D eigenvalue weighted by Crippen LogP contribution is -2.58. The summed E-state index contributed by atoms with van der Waals surface area (Å²) in [6.45, 7) is 5.98. The third-order valence-corrected chi connectivity index (χ3v) is 3.54. The molecular weight excluding hydrogens is 202 g/mol. The van der Waals surface area contributed by atoms with E-state index in [9.17, 15) is 4.79 Å². The zero-order valence-corrected chi connectivity index (χ0v) is 10.2. The predicted molar refractivity (Wildman–Crippen MR) is 63.8 cm³/mol. The van der Waals surface area contributed by atoms with Crippen LogP contribution in [0.1, 0.15) is 39.0 Å². The third kappa shape index (κ3) is 2.55. The fourth-order valence-electron chi connectivity index (χ4n) is 2.69. The van der Waals surface area contributed by atoms with Crippen molar-refractivity contribution < 1.29 is 4.79 Å². The van der Waals surface area contributed by atoms with Crippen LogP contribution in [0.4, 0.5) is 0 Å². The Bertz CT molecular complexity index is 236. The van der Waals surface area contributed by atoms with Crippen molar-refractivity contribution in [1.29, 1.82) is 0 Å². The molecule has 0 saturated carbocycles. The maximum Gasteiger partial charge on any atom is 0.253 e. The molecule has 2 saturated heterocycles. The number of carbonyl (C=O) groups is 1. The number of hydrogen-bond donors (Lipinski definition) is 1. The molecule has 4 nitrogen and oxygen atoms in total. The van der Waals surface area contributed by atoms with E-state index in [4.69, 9.17) is 0 Å². The van der Waals surface area contributed by atoms with E-state index in [0.717, 1.165) is 39.0 Å². The minimum Gasteiger partial charge on any atom is -0.306 e. The molecule has 2 rings (SSSR count). The minimum absolute atomic E-state index is 0.0562. The molecule has 0 aliphatic carbocycles. The molecule has 0 aromatic heterocycles. The number of rotatable bonds is 3. The van der Waals surface area contributed by atoms with Gasteiger partial charge in [-0.1, -0.05) is 13.3 Å². The molecule has 2 heterocycles. The molecule has 92 valence electrons. The Morgan fingerprint density at radius 2 is 1.94 bits per heavy atom. The van der Waals surface area contributed by atoms with Gasteiger partial charge in [-0.05, 0) is 32.2 Å². The number of carbonyl (C=O) groups excluding carboxylic acids is 1. The lowest BCUT2D eigenvalue weighted by atomic mass is 10.1. The smallest absolute Gasteiger partial charge is 0.253 e. The average Bonchev–Trinajstić information content (AvgIpc) is 2.33. The number of amides is 1. The summed E-state index contributed by atoms with van der Waals surface area (Å²) in [6, 6.07) is 0.0562. The van der Waals surface area contributed by atoms with Crippen LogP contribution >= 0.6 is 0 Å². The van der Waals surface area contributed by atoms with E-state index in [1.165, 1.54) is 19.3 Å². The summed E-state index contributed by atoms with van der Waals surface area (Å²) in [6.07, 6.45) is 5.90. The second-order valence-electron chi connectivity index (χ2n) is 4.73. The van der Waals surface area contributed by atoms with Gasteiger partial charge in [-0.25, -0.2) is 5.01 Å². The van der Waals surface area contributed by atoms with Gasteiger partial charge >= 0.3 is 0 Å². The molecule has 0 radical (unpaired) electrons. The second-order valence-corrected chi connectivity index (χ2v) is 4.73. The van der Waals surface area contributed by atoms with Gasteiger partial charge in [-0.2, -0.15) is 0 Å². The van der Waals surface area contributed by atoms with Crippen molar-refractivity contribution in [1.82, 2.24) is 15.3 Å². The first kappa shape index (κ1) is 11.9. The molecule has 2 fully saturated rings. The highest BCUT2D eigenvalue weighted by molar-refractivity contribution is 5.82. The van der Waals surface area contributed by atoms with E-state index in [2.05, 4.69) is 17.2 Å². The molecule has 2 aliphatic rings. The van der Waals surface area contributed by atoms with Crippen LogP contribution in [0.15, 0.2) is 0 Å². The Kier molecular flexibility index (Phi) is 4.18. The van der Waals surface area contributed by atoms with Gasteiger partial charge in [0, 0.05) is 19.6 Å². The first-order valence-electron chi connectivity index (χ1n) is 6.62. The maximum atomic E-state index is 12.2. The van der Waals surface area contributed by atoms with E-state index in [1.807, 2.05) is 5.01 Å². The zero-order chi connectivity index (χ0) is 11.4. The number of nitrogens with one attached hydrogen (secondary N) is 1. The van der Waals surface area contributed by atoms with Crippen molar-refractivity contribution in [3.63, 3.8) is 0 Å². The van der Waals surface area contributed by atoms with Gasteiger partial charge in [0.1, 0.15) is 0 Å². The summed E-state index contributed by atoms with van der Waals surface area (Å²) in [5.41, 5.74) is 0. The van der Waals surface area contributed by atoms with E-state index in [0.29, 0.717) is 0 Å². The summed E-state index contributed by atoms with van der Waals surface area (Å²) >= 11 is 0. The molecule has 0 spiro atoms. The summed E-state index contributed by atoms with van der Waals surface area (Å²) in [5, 5.41) is 7.54. The van der Waals surface area contributed by atoms with E-state index in [-0.39, 0.29) is 11.9 Å². The molecule has 2 aliphatic heterocycles. The summed E-state index contributed by atoms with van der Waals surface area (Å²) in [7, 11) is 0. The fourth-order valence-corrected chi connectivity index (χ4v) is 2.69. The van der Waals surface area contributed by atoms with E-state index < -0.39 is 0 Å². The molecule has 1 atom stereocenters. The van der Waals surface area contributed by atoms with Gasteiger partial charge in [-0.3, -0.25) is 9.80 Å². The summed E-state index contributed by atoms with van der Waals surface area (Å²) in [5.74, 6) is 0.287. The summed E-state index contributed by atoms with van der Waals surface area (Å²) in [4.78, 5) is 12.2. The Morgan fingerprint density at radius 1 is 1.19 bits per heavy atom. The Morgan fingerprint density at radius 3 is 2.62 bits per heavy atom. The van der Waals surface area contributed by atoms with Gasteiger partial charge in [-0.15, -0.1) is 0 Å². The van der Waals surface area contributed by atoms with Crippen LogP contribution in [0.3, 0.4) is 0 Å². The SMILES string of the molecule is CCNC1CCCN(N2CCCCC2)C1=O. The van der Waals surface area contributed by atoms with E-state index >= 15 is 0 Å². The molecule has 0 aromatic carbocycles. The normalized spacial score (nSPS) is 28.4. The minimum atomic E-state index is 0.0562. The topological polar surface area (TPSA) is 35.6 Å². The van der Waals surface area contributed by atoms with Crippen molar-refractivity contribution in [2.45, 2.75) is 45.1 Å². The van der Waals surface area contributed by atoms with Crippen LogP contribution < -0.4 is 5.32 Å². The van der Waals surface area contributed by atoms with Gasteiger partial charge in [0.05, 0.1) is 6.04 Å². The largest absolute Gasteiger partial charge is 0.306 e. The maximum absolute atomic E-state index is 12.2. The highest BCUT2D eigenvalue weighted by Gasteiger charge is 2.31. The molecule has 1 amide bonds. The number of piperidine rings is 2. The Hall–Kier alpha value is -0.610. The first-order valence-corrected chi connectivity index (χ1v) is 6.62. The number of hydrazine groups is 1. The zero-order valence-electron chi connectivity index (χ0n) is 10.2. The quantitative estimate of drug-likeness (QED) is 0.778. The lowest BCUT2D eigenvalue weighted by molar-refractivity contribution is -0.157. The molecule has 4 heteroatoms. The van der Waals surface area contributed by atoms with Gasteiger partial charge < -0.3 is 5.32 Å². The van der Waals surface area contributed by atoms with Crippen molar-refractivity contribution in [2.75, 3.05) is 26.2 Å². The lowest BCUT2D eigenvalue weighted by Gasteiger charge is -2.41. The van der Waals surface area contributed by atoms with E-state index in [1.54, 1.807) is 0 Å².